The molecule has 4 nitrogen and oxygen atoms in total. The summed E-state index contributed by atoms with van der Waals surface area (Å²) in [6, 6.07) is 3.05. The zero-order valence-electron chi connectivity index (χ0n) is 7.62. The van der Waals surface area contributed by atoms with Gasteiger partial charge < -0.3 is 16.2 Å². The van der Waals surface area contributed by atoms with Crippen molar-refractivity contribution in [3.8, 4) is 0 Å². The summed E-state index contributed by atoms with van der Waals surface area (Å²) in [5.74, 6) is 0.126. The van der Waals surface area contributed by atoms with E-state index in [0.29, 0.717) is 0 Å². The van der Waals surface area contributed by atoms with Crippen molar-refractivity contribution in [2.75, 3.05) is 17.6 Å². The van der Waals surface area contributed by atoms with Crippen LogP contribution in [0.25, 0.3) is 0 Å². The molecule has 7 heteroatoms. The fourth-order valence-electron chi connectivity index (χ4n) is 0.875. The fraction of sp³-hybridized carbons (Fsp3) is 0.375. The van der Waals surface area contributed by atoms with Gasteiger partial charge in [0.05, 0.1) is 12.2 Å². The van der Waals surface area contributed by atoms with Crippen molar-refractivity contribution >= 4 is 11.5 Å². The summed E-state index contributed by atoms with van der Waals surface area (Å²) in [6.45, 7) is -0.676. The molecule has 0 saturated carbocycles. The summed E-state index contributed by atoms with van der Waals surface area (Å²) in [5, 5.41) is 11.0. The minimum atomic E-state index is -4.64. The molecule has 0 saturated heterocycles. The molecule has 0 amide bonds. The van der Waals surface area contributed by atoms with Crippen LogP contribution in [0.15, 0.2) is 18.3 Å². The first-order chi connectivity index (χ1) is 6.91. The SMILES string of the molecule is Nc1cccnc1NCC(O)C(F)(F)F. The van der Waals surface area contributed by atoms with Crippen LogP contribution in [0, 0.1) is 0 Å². The van der Waals surface area contributed by atoms with Crippen molar-refractivity contribution < 1.29 is 18.3 Å². The van der Waals surface area contributed by atoms with Gasteiger partial charge in [-0.1, -0.05) is 0 Å². The number of nitrogens with one attached hydrogen (secondary N) is 1. The van der Waals surface area contributed by atoms with E-state index in [2.05, 4.69) is 10.3 Å². The topological polar surface area (TPSA) is 71.2 Å². The first-order valence-corrected chi connectivity index (χ1v) is 4.10. The highest BCUT2D eigenvalue weighted by molar-refractivity contribution is 5.60. The largest absolute Gasteiger partial charge is 0.416 e. The number of aliphatic hydroxyl groups is 1. The van der Waals surface area contributed by atoms with Crippen molar-refractivity contribution in [2.24, 2.45) is 0 Å². The average molecular weight is 221 g/mol. The van der Waals surface area contributed by atoms with Crippen LogP contribution in [-0.4, -0.2) is 28.9 Å². The van der Waals surface area contributed by atoms with E-state index in [9.17, 15) is 13.2 Å². The number of pyridine rings is 1. The number of aromatic nitrogens is 1. The molecule has 0 radical (unpaired) electrons. The quantitative estimate of drug-likeness (QED) is 0.712. The van der Waals surface area contributed by atoms with E-state index in [1.54, 1.807) is 6.07 Å². The molecule has 84 valence electrons. The van der Waals surface area contributed by atoms with E-state index in [1.165, 1.54) is 12.3 Å². The molecule has 0 aliphatic heterocycles. The van der Waals surface area contributed by atoms with Crippen molar-refractivity contribution in [3.05, 3.63) is 18.3 Å². The Labute approximate surface area is 83.9 Å². The number of nitrogens with zero attached hydrogens (tertiary/aromatic N) is 1. The van der Waals surface area contributed by atoms with Crippen LogP contribution in [0.2, 0.25) is 0 Å². The molecule has 0 bridgehead atoms. The third kappa shape index (κ3) is 3.28. The number of halogens is 3. The monoisotopic (exact) mass is 221 g/mol. The number of hydrogen-bond donors (Lipinski definition) is 3. The van der Waals surface area contributed by atoms with E-state index in [0.717, 1.165) is 0 Å². The standard InChI is InChI=1S/C8H10F3N3O/c9-8(10,11)6(15)4-14-7-5(12)2-1-3-13-7/h1-3,6,15H,4,12H2,(H,13,14). The lowest BCUT2D eigenvalue weighted by Crippen LogP contribution is -2.35. The van der Waals surface area contributed by atoms with Crippen LogP contribution in [0.5, 0.6) is 0 Å². The zero-order chi connectivity index (χ0) is 11.5. The Morgan fingerprint density at radius 1 is 1.53 bits per heavy atom. The maximum atomic E-state index is 11.9. The lowest BCUT2D eigenvalue weighted by molar-refractivity contribution is -0.198. The van der Waals surface area contributed by atoms with Gasteiger partial charge in [0, 0.05) is 6.20 Å². The van der Waals surface area contributed by atoms with Gasteiger partial charge in [-0.3, -0.25) is 0 Å². The first kappa shape index (κ1) is 11.6. The molecule has 1 heterocycles. The number of alkyl halides is 3. The number of hydrogen-bond acceptors (Lipinski definition) is 4. The molecule has 0 aliphatic carbocycles. The van der Waals surface area contributed by atoms with Crippen molar-refractivity contribution in [3.63, 3.8) is 0 Å². The molecule has 15 heavy (non-hydrogen) atoms. The number of nitrogen functional groups attached to an aromatic ring is 1. The Kier molecular flexibility index (Phi) is 3.35. The third-order valence-electron chi connectivity index (χ3n) is 1.68. The highest BCUT2D eigenvalue weighted by Crippen LogP contribution is 2.21. The molecule has 1 aromatic rings. The Balaban J connectivity index is 2.55. The molecular formula is C8H10F3N3O. The summed E-state index contributed by atoms with van der Waals surface area (Å²) < 4.78 is 35.7. The van der Waals surface area contributed by atoms with Gasteiger partial charge >= 0.3 is 6.18 Å². The first-order valence-electron chi connectivity index (χ1n) is 4.10. The van der Waals surface area contributed by atoms with Crippen molar-refractivity contribution in [2.45, 2.75) is 12.3 Å². The van der Waals surface area contributed by atoms with Crippen LogP contribution in [0.1, 0.15) is 0 Å². The van der Waals surface area contributed by atoms with E-state index < -0.39 is 18.8 Å². The molecule has 1 aromatic heterocycles. The van der Waals surface area contributed by atoms with Crippen molar-refractivity contribution in [1.29, 1.82) is 0 Å². The Morgan fingerprint density at radius 3 is 2.73 bits per heavy atom. The maximum Gasteiger partial charge on any atom is 0.416 e. The van der Waals surface area contributed by atoms with E-state index >= 15 is 0 Å². The smallest absolute Gasteiger partial charge is 0.396 e. The van der Waals surface area contributed by atoms with Gasteiger partial charge in [-0.2, -0.15) is 13.2 Å². The van der Waals surface area contributed by atoms with E-state index in [1.807, 2.05) is 0 Å². The Hall–Kier alpha value is -1.50. The number of aliphatic hydroxyl groups excluding tert-OH is 1. The fourth-order valence-corrected chi connectivity index (χ4v) is 0.875. The van der Waals surface area contributed by atoms with Crippen LogP contribution in [0.3, 0.4) is 0 Å². The third-order valence-corrected chi connectivity index (χ3v) is 1.68. The summed E-state index contributed by atoms with van der Waals surface area (Å²) >= 11 is 0. The Bertz CT molecular complexity index is 329. The lowest BCUT2D eigenvalue weighted by Gasteiger charge is -2.15. The van der Waals surface area contributed by atoms with E-state index in [-0.39, 0.29) is 11.5 Å². The predicted molar refractivity (Wildman–Crippen MR) is 49.2 cm³/mol. The summed E-state index contributed by atoms with van der Waals surface area (Å²) in [7, 11) is 0. The highest BCUT2D eigenvalue weighted by atomic mass is 19.4. The molecule has 4 N–H and O–H groups in total. The molecule has 0 spiro atoms. The summed E-state index contributed by atoms with van der Waals surface area (Å²) in [4.78, 5) is 3.72. The molecule has 0 fully saturated rings. The summed E-state index contributed by atoms with van der Waals surface area (Å²) in [6.07, 6.45) is -5.69. The highest BCUT2D eigenvalue weighted by Gasteiger charge is 2.37. The number of rotatable bonds is 3. The molecule has 1 atom stereocenters. The van der Waals surface area contributed by atoms with Crippen LogP contribution >= 0.6 is 0 Å². The zero-order valence-corrected chi connectivity index (χ0v) is 7.62. The van der Waals surface area contributed by atoms with Crippen LogP contribution in [-0.2, 0) is 0 Å². The predicted octanol–water partition coefficient (Wildman–Crippen LogP) is 0.999. The molecule has 0 aliphatic rings. The van der Waals surface area contributed by atoms with E-state index in [4.69, 9.17) is 10.8 Å². The van der Waals surface area contributed by atoms with Gasteiger partial charge in [0.25, 0.3) is 0 Å². The molecule has 1 rings (SSSR count). The van der Waals surface area contributed by atoms with Gasteiger partial charge in [0.2, 0.25) is 0 Å². The van der Waals surface area contributed by atoms with Gasteiger partial charge in [-0.05, 0) is 12.1 Å². The second-order valence-electron chi connectivity index (χ2n) is 2.88. The number of nitrogens with two attached hydrogens (primary N) is 1. The van der Waals surface area contributed by atoms with Gasteiger partial charge in [0.1, 0.15) is 5.82 Å². The Morgan fingerprint density at radius 2 is 2.20 bits per heavy atom. The molecular weight excluding hydrogens is 211 g/mol. The minimum Gasteiger partial charge on any atom is -0.396 e. The van der Waals surface area contributed by atoms with Crippen molar-refractivity contribution in [1.82, 2.24) is 4.98 Å². The molecule has 1 unspecified atom stereocenters. The van der Waals surface area contributed by atoms with Crippen LogP contribution < -0.4 is 11.1 Å². The maximum absolute atomic E-state index is 11.9. The normalized spacial score (nSPS) is 13.6. The number of anilines is 2. The second kappa shape index (κ2) is 4.35. The average Bonchev–Trinajstić information content (AvgIpc) is 2.14. The molecule has 0 aromatic carbocycles. The van der Waals surface area contributed by atoms with Gasteiger partial charge in [-0.25, -0.2) is 4.98 Å². The van der Waals surface area contributed by atoms with Gasteiger partial charge in [0.15, 0.2) is 6.10 Å². The summed E-state index contributed by atoms with van der Waals surface area (Å²) in [5.41, 5.74) is 5.66. The lowest BCUT2D eigenvalue weighted by atomic mass is 10.3. The van der Waals surface area contributed by atoms with Crippen LogP contribution in [0.4, 0.5) is 24.7 Å². The van der Waals surface area contributed by atoms with Gasteiger partial charge in [-0.15, -0.1) is 0 Å². The minimum absolute atomic E-state index is 0.126. The second-order valence-corrected chi connectivity index (χ2v) is 2.88.